The number of aromatic nitrogens is 1. The summed E-state index contributed by atoms with van der Waals surface area (Å²) in [4.78, 5) is 20.9. The lowest BCUT2D eigenvalue weighted by Gasteiger charge is -2.23. The number of amides is 2. The van der Waals surface area contributed by atoms with Gasteiger partial charge in [-0.2, -0.15) is 13.2 Å². The molecule has 0 spiro atoms. The number of alkyl halides is 3. The molecule has 158 valence electrons. The van der Waals surface area contributed by atoms with Gasteiger partial charge in [-0.3, -0.25) is 0 Å². The SMILES string of the molecule is O=C(Nc1ccccc1C(F)(F)F)N1CCCN(c2nc3ccc(Cl)cc3s2)CC1. The fourth-order valence-electron chi connectivity index (χ4n) is 3.37. The number of nitrogens with zero attached hydrogens (tertiary/aromatic N) is 3. The monoisotopic (exact) mass is 454 g/mol. The molecule has 1 aliphatic heterocycles. The molecule has 1 saturated heterocycles. The molecule has 10 heteroatoms. The molecule has 30 heavy (non-hydrogen) atoms. The van der Waals surface area contributed by atoms with E-state index in [-0.39, 0.29) is 5.69 Å². The third kappa shape index (κ3) is 4.46. The van der Waals surface area contributed by atoms with Gasteiger partial charge >= 0.3 is 12.2 Å². The van der Waals surface area contributed by atoms with Crippen LogP contribution in [0, 0.1) is 0 Å². The topological polar surface area (TPSA) is 48.5 Å². The van der Waals surface area contributed by atoms with Crippen molar-refractivity contribution in [3.8, 4) is 0 Å². The average Bonchev–Trinajstić information content (AvgIpc) is 2.95. The number of nitrogens with one attached hydrogen (secondary N) is 1. The molecule has 0 saturated carbocycles. The number of urea groups is 1. The van der Waals surface area contributed by atoms with Gasteiger partial charge in [0.05, 0.1) is 21.5 Å². The second-order valence-corrected chi connectivity index (χ2v) is 8.36. The number of anilines is 2. The van der Waals surface area contributed by atoms with Crippen molar-refractivity contribution in [2.24, 2.45) is 0 Å². The predicted octanol–water partition coefficient (Wildman–Crippen LogP) is 5.71. The number of fused-ring (bicyclic) bond motifs is 1. The van der Waals surface area contributed by atoms with Gasteiger partial charge in [-0.25, -0.2) is 9.78 Å². The maximum atomic E-state index is 13.2. The first kappa shape index (κ1) is 20.7. The Morgan fingerprint density at radius 2 is 1.90 bits per heavy atom. The molecule has 2 aromatic carbocycles. The Morgan fingerprint density at radius 3 is 2.70 bits per heavy atom. The predicted molar refractivity (Wildman–Crippen MR) is 113 cm³/mol. The van der Waals surface area contributed by atoms with Crippen LogP contribution in [0.4, 0.5) is 28.8 Å². The number of carbonyl (C=O) groups excluding carboxylic acids is 1. The van der Waals surface area contributed by atoms with E-state index >= 15 is 0 Å². The second kappa shape index (κ2) is 8.31. The number of hydrogen-bond acceptors (Lipinski definition) is 4. The van der Waals surface area contributed by atoms with Gasteiger partial charge in [0.2, 0.25) is 0 Å². The zero-order chi connectivity index (χ0) is 21.3. The van der Waals surface area contributed by atoms with Crippen LogP contribution in [0.25, 0.3) is 10.2 Å². The molecule has 1 fully saturated rings. The summed E-state index contributed by atoms with van der Waals surface area (Å²) in [5.41, 5.74) is -0.232. The van der Waals surface area contributed by atoms with Gasteiger partial charge in [-0.15, -0.1) is 0 Å². The fraction of sp³-hybridized carbons (Fsp3) is 0.300. The van der Waals surface area contributed by atoms with Crippen LogP contribution in [0.15, 0.2) is 42.5 Å². The number of benzene rings is 2. The third-order valence-corrected chi connectivity index (χ3v) is 6.18. The lowest BCUT2D eigenvalue weighted by atomic mass is 10.1. The Morgan fingerprint density at radius 1 is 1.10 bits per heavy atom. The zero-order valence-electron chi connectivity index (χ0n) is 15.7. The first-order valence-corrected chi connectivity index (χ1v) is 10.5. The summed E-state index contributed by atoms with van der Waals surface area (Å²) in [6.45, 7) is 2.09. The van der Waals surface area contributed by atoms with Crippen LogP contribution in [-0.4, -0.2) is 42.1 Å². The van der Waals surface area contributed by atoms with Crippen molar-refractivity contribution in [1.29, 1.82) is 0 Å². The minimum Gasteiger partial charge on any atom is -0.346 e. The van der Waals surface area contributed by atoms with Crippen molar-refractivity contribution in [1.82, 2.24) is 9.88 Å². The van der Waals surface area contributed by atoms with E-state index in [1.807, 2.05) is 12.1 Å². The van der Waals surface area contributed by atoms with E-state index < -0.39 is 17.8 Å². The van der Waals surface area contributed by atoms with Crippen LogP contribution in [0.5, 0.6) is 0 Å². The summed E-state index contributed by atoms with van der Waals surface area (Å²) in [7, 11) is 0. The first-order valence-electron chi connectivity index (χ1n) is 9.34. The van der Waals surface area contributed by atoms with E-state index in [4.69, 9.17) is 11.6 Å². The largest absolute Gasteiger partial charge is 0.418 e. The summed E-state index contributed by atoms with van der Waals surface area (Å²) in [5.74, 6) is 0. The van der Waals surface area contributed by atoms with Crippen molar-refractivity contribution in [2.45, 2.75) is 12.6 Å². The Hall–Kier alpha value is -2.52. The van der Waals surface area contributed by atoms with E-state index in [2.05, 4.69) is 15.2 Å². The van der Waals surface area contributed by atoms with Crippen molar-refractivity contribution in [3.05, 3.63) is 53.1 Å². The minimum absolute atomic E-state index is 0.237. The third-order valence-electron chi connectivity index (χ3n) is 4.87. The molecule has 0 unspecified atom stereocenters. The second-order valence-electron chi connectivity index (χ2n) is 6.91. The number of carbonyl (C=O) groups is 1. The van der Waals surface area contributed by atoms with Gasteiger partial charge in [0.25, 0.3) is 0 Å². The van der Waals surface area contributed by atoms with Gasteiger partial charge in [0, 0.05) is 31.2 Å². The number of thiazole rings is 1. The van der Waals surface area contributed by atoms with Gasteiger partial charge in [0.15, 0.2) is 5.13 Å². The van der Waals surface area contributed by atoms with E-state index in [1.54, 1.807) is 6.07 Å². The molecule has 1 aromatic heterocycles. The van der Waals surface area contributed by atoms with Gasteiger partial charge in [0.1, 0.15) is 0 Å². The summed E-state index contributed by atoms with van der Waals surface area (Å²) in [5, 5.41) is 3.91. The van der Waals surface area contributed by atoms with E-state index in [0.29, 0.717) is 37.6 Å². The van der Waals surface area contributed by atoms with Crippen molar-refractivity contribution in [3.63, 3.8) is 0 Å². The van der Waals surface area contributed by atoms with Crippen LogP contribution in [-0.2, 0) is 6.18 Å². The maximum absolute atomic E-state index is 13.2. The fourth-order valence-corrected chi connectivity index (χ4v) is 4.66. The zero-order valence-corrected chi connectivity index (χ0v) is 17.3. The summed E-state index contributed by atoms with van der Waals surface area (Å²) < 4.78 is 40.5. The van der Waals surface area contributed by atoms with Gasteiger partial charge in [-0.05, 0) is 36.8 Å². The molecule has 4 rings (SSSR count). The molecule has 0 bridgehead atoms. The number of hydrogen-bond donors (Lipinski definition) is 1. The maximum Gasteiger partial charge on any atom is 0.418 e. The van der Waals surface area contributed by atoms with Gasteiger partial charge in [-0.1, -0.05) is 35.1 Å². The highest BCUT2D eigenvalue weighted by molar-refractivity contribution is 7.22. The molecular weight excluding hydrogens is 437 g/mol. The van der Waals surface area contributed by atoms with Crippen LogP contribution < -0.4 is 10.2 Å². The van der Waals surface area contributed by atoms with Crippen molar-refractivity contribution >= 4 is 50.0 Å². The normalized spacial score (nSPS) is 15.3. The number of para-hydroxylation sites is 1. The molecule has 2 heterocycles. The smallest absolute Gasteiger partial charge is 0.346 e. The minimum atomic E-state index is -4.53. The van der Waals surface area contributed by atoms with E-state index in [1.165, 1.54) is 34.4 Å². The summed E-state index contributed by atoms with van der Waals surface area (Å²) in [6.07, 6.45) is -3.85. The number of rotatable bonds is 2. The quantitative estimate of drug-likeness (QED) is 0.539. The molecule has 2 amide bonds. The molecule has 0 aliphatic carbocycles. The van der Waals surface area contributed by atoms with Crippen LogP contribution in [0.3, 0.4) is 0 Å². The molecular formula is C20H18ClF3N4OS. The molecule has 3 aromatic rings. The Bertz CT molecular complexity index is 1070. The molecule has 0 atom stereocenters. The van der Waals surface area contributed by atoms with Crippen LogP contribution in [0.1, 0.15) is 12.0 Å². The Labute approximate surface area is 180 Å². The highest BCUT2D eigenvalue weighted by Crippen LogP contribution is 2.35. The van der Waals surface area contributed by atoms with Crippen molar-refractivity contribution in [2.75, 3.05) is 36.4 Å². The summed E-state index contributed by atoms with van der Waals surface area (Å²) >= 11 is 7.57. The van der Waals surface area contributed by atoms with E-state index in [9.17, 15) is 18.0 Å². The average molecular weight is 455 g/mol. The molecule has 1 N–H and O–H groups in total. The standard InChI is InChI=1S/C20H18ClF3N4OS/c21-13-6-7-16-17(12-13)30-19(26-16)28-9-3-8-27(10-11-28)18(29)25-15-5-2-1-4-14(15)20(22,23)24/h1-2,4-7,12H,3,8-11H2,(H,25,29). The highest BCUT2D eigenvalue weighted by Gasteiger charge is 2.34. The number of halogens is 4. The highest BCUT2D eigenvalue weighted by atomic mass is 35.5. The first-order chi connectivity index (χ1) is 14.3. The van der Waals surface area contributed by atoms with E-state index in [0.717, 1.165) is 21.4 Å². The van der Waals surface area contributed by atoms with Crippen molar-refractivity contribution < 1.29 is 18.0 Å². The molecule has 0 radical (unpaired) electrons. The molecule has 5 nitrogen and oxygen atoms in total. The van der Waals surface area contributed by atoms with Crippen LogP contribution in [0.2, 0.25) is 5.02 Å². The Balaban J connectivity index is 1.44. The lowest BCUT2D eigenvalue weighted by Crippen LogP contribution is -2.38. The lowest BCUT2D eigenvalue weighted by molar-refractivity contribution is -0.136. The molecule has 1 aliphatic rings. The van der Waals surface area contributed by atoms with Crippen LogP contribution >= 0.6 is 22.9 Å². The summed E-state index contributed by atoms with van der Waals surface area (Å²) in [6, 6.07) is 9.98. The van der Waals surface area contributed by atoms with Gasteiger partial charge < -0.3 is 15.1 Å². The Kier molecular flexibility index (Phi) is 5.75.